The van der Waals surface area contributed by atoms with Crippen LogP contribution in [-0.2, 0) is 26.4 Å². The van der Waals surface area contributed by atoms with Crippen molar-refractivity contribution >= 4 is 11.6 Å². The Bertz CT molecular complexity index is 531. The molecule has 2 rings (SSSR count). The highest BCUT2D eigenvalue weighted by Gasteiger charge is 2.07. The number of rotatable bonds is 8. The zero-order chi connectivity index (χ0) is 14.4. The van der Waals surface area contributed by atoms with E-state index in [0.29, 0.717) is 11.7 Å². The number of aromatic nitrogens is 4. The van der Waals surface area contributed by atoms with E-state index in [1.807, 2.05) is 24.0 Å². The van der Waals surface area contributed by atoms with Crippen molar-refractivity contribution in [3.05, 3.63) is 34.6 Å². The molecule has 0 aromatic carbocycles. The highest BCUT2D eigenvalue weighted by Crippen LogP contribution is 2.13. The summed E-state index contributed by atoms with van der Waals surface area (Å²) in [6, 6.07) is 2.04. The lowest BCUT2D eigenvalue weighted by atomic mass is 10.2. The third kappa shape index (κ3) is 4.35. The van der Waals surface area contributed by atoms with Crippen LogP contribution in [0.25, 0.3) is 0 Å². The van der Waals surface area contributed by atoms with E-state index in [2.05, 4.69) is 27.3 Å². The maximum Gasteiger partial charge on any atom is 0.151 e. The molecule has 0 spiro atoms. The number of unbranched alkanes of at least 4 members (excludes halogenated alkanes) is 1. The normalized spacial score (nSPS) is 11.2. The van der Waals surface area contributed by atoms with Gasteiger partial charge >= 0.3 is 0 Å². The van der Waals surface area contributed by atoms with E-state index in [4.69, 9.17) is 11.6 Å². The Kier molecular flexibility index (Phi) is 5.61. The van der Waals surface area contributed by atoms with Crippen LogP contribution in [0.2, 0.25) is 5.15 Å². The first kappa shape index (κ1) is 15.1. The predicted octanol–water partition coefficient (Wildman–Crippen LogP) is 2.47. The summed E-state index contributed by atoms with van der Waals surface area (Å²) in [5.41, 5.74) is 2.07. The number of aromatic amines is 1. The fourth-order valence-corrected chi connectivity index (χ4v) is 2.26. The van der Waals surface area contributed by atoms with Gasteiger partial charge in [-0.25, -0.2) is 4.98 Å². The number of hydrogen-bond acceptors (Lipinski definition) is 3. The SMILES string of the molecule is CCCCc1nc(Cl)c(CNCCc2ccn(C)n2)[nH]1. The topological polar surface area (TPSA) is 58.5 Å². The first-order valence-corrected chi connectivity index (χ1v) is 7.49. The van der Waals surface area contributed by atoms with Crippen molar-refractivity contribution < 1.29 is 0 Å². The van der Waals surface area contributed by atoms with Gasteiger partial charge < -0.3 is 10.3 Å². The van der Waals surface area contributed by atoms with Gasteiger partial charge in [0, 0.05) is 39.2 Å². The molecule has 0 unspecified atom stereocenters. The van der Waals surface area contributed by atoms with Crippen LogP contribution in [0.5, 0.6) is 0 Å². The molecular formula is C14H22ClN5. The summed E-state index contributed by atoms with van der Waals surface area (Å²) < 4.78 is 1.82. The van der Waals surface area contributed by atoms with E-state index in [-0.39, 0.29) is 0 Å². The Balaban J connectivity index is 1.74. The second-order valence-electron chi connectivity index (χ2n) is 4.96. The maximum absolute atomic E-state index is 6.13. The molecule has 6 heteroatoms. The maximum atomic E-state index is 6.13. The minimum atomic E-state index is 0.585. The zero-order valence-corrected chi connectivity index (χ0v) is 12.9. The Morgan fingerprint density at radius 2 is 2.25 bits per heavy atom. The van der Waals surface area contributed by atoms with Gasteiger partial charge in [-0.2, -0.15) is 5.10 Å². The fraction of sp³-hybridized carbons (Fsp3) is 0.571. The number of nitrogens with zero attached hydrogens (tertiary/aromatic N) is 3. The summed E-state index contributed by atoms with van der Waals surface area (Å²) in [5, 5.41) is 8.29. The molecule has 20 heavy (non-hydrogen) atoms. The average Bonchev–Trinajstić information content (AvgIpc) is 2.99. The second kappa shape index (κ2) is 7.45. The van der Waals surface area contributed by atoms with Crippen LogP contribution in [0.1, 0.15) is 37.0 Å². The summed E-state index contributed by atoms with van der Waals surface area (Å²) in [7, 11) is 1.93. The standard InChI is InChI=1S/C14H22ClN5/c1-3-4-5-13-17-12(14(15)18-13)10-16-8-6-11-7-9-20(2)19-11/h7,9,16H,3-6,8,10H2,1-2H3,(H,17,18). The van der Waals surface area contributed by atoms with E-state index in [1.54, 1.807) is 0 Å². The van der Waals surface area contributed by atoms with Gasteiger partial charge in [-0.05, 0) is 12.5 Å². The smallest absolute Gasteiger partial charge is 0.151 e. The first-order valence-electron chi connectivity index (χ1n) is 7.11. The van der Waals surface area contributed by atoms with E-state index >= 15 is 0 Å². The van der Waals surface area contributed by atoms with E-state index in [9.17, 15) is 0 Å². The van der Waals surface area contributed by atoms with Crippen LogP contribution >= 0.6 is 11.6 Å². The molecule has 110 valence electrons. The number of halogens is 1. The molecule has 0 radical (unpaired) electrons. The van der Waals surface area contributed by atoms with Crippen LogP contribution < -0.4 is 5.32 Å². The van der Waals surface area contributed by atoms with Gasteiger partial charge in [0.05, 0.1) is 11.4 Å². The molecule has 0 atom stereocenters. The zero-order valence-electron chi connectivity index (χ0n) is 12.1. The molecule has 0 bridgehead atoms. The van der Waals surface area contributed by atoms with Crippen molar-refractivity contribution in [2.45, 2.75) is 39.2 Å². The van der Waals surface area contributed by atoms with Gasteiger partial charge in [0.25, 0.3) is 0 Å². The van der Waals surface area contributed by atoms with Gasteiger partial charge in [-0.15, -0.1) is 0 Å². The molecular weight excluding hydrogens is 274 g/mol. The van der Waals surface area contributed by atoms with Crippen LogP contribution in [0, 0.1) is 0 Å². The summed E-state index contributed by atoms with van der Waals surface area (Å²) in [4.78, 5) is 7.64. The minimum Gasteiger partial charge on any atom is -0.344 e. The molecule has 2 aromatic rings. The summed E-state index contributed by atoms with van der Waals surface area (Å²) in [5.74, 6) is 0.985. The fourth-order valence-electron chi connectivity index (χ4n) is 2.05. The minimum absolute atomic E-state index is 0.585. The van der Waals surface area contributed by atoms with Crippen molar-refractivity contribution in [2.75, 3.05) is 6.54 Å². The third-order valence-corrected chi connectivity index (χ3v) is 3.49. The largest absolute Gasteiger partial charge is 0.344 e. The molecule has 0 amide bonds. The predicted molar refractivity (Wildman–Crippen MR) is 80.8 cm³/mol. The van der Waals surface area contributed by atoms with Crippen molar-refractivity contribution in [2.24, 2.45) is 7.05 Å². The number of H-pyrrole nitrogens is 1. The van der Waals surface area contributed by atoms with Gasteiger partial charge in [-0.3, -0.25) is 4.68 Å². The Labute approximate surface area is 124 Å². The van der Waals surface area contributed by atoms with Crippen molar-refractivity contribution in [1.82, 2.24) is 25.1 Å². The quantitative estimate of drug-likeness (QED) is 0.736. The number of aryl methyl sites for hydroxylation is 2. The lowest BCUT2D eigenvalue weighted by Crippen LogP contribution is -2.17. The molecule has 2 aromatic heterocycles. The monoisotopic (exact) mass is 295 g/mol. The summed E-state index contributed by atoms with van der Waals surface area (Å²) in [6.45, 7) is 3.76. The molecule has 2 N–H and O–H groups in total. The summed E-state index contributed by atoms with van der Waals surface area (Å²) in [6.07, 6.45) is 6.13. The second-order valence-corrected chi connectivity index (χ2v) is 5.32. The van der Waals surface area contributed by atoms with Crippen molar-refractivity contribution in [3.63, 3.8) is 0 Å². The Morgan fingerprint density at radius 3 is 2.95 bits per heavy atom. The molecule has 0 saturated heterocycles. The van der Waals surface area contributed by atoms with Gasteiger partial charge in [-0.1, -0.05) is 24.9 Å². The molecule has 0 aliphatic rings. The van der Waals surface area contributed by atoms with Gasteiger partial charge in [0.1, 0.15) is 5.82 Å². The van der Waals surface area contributed by atoms with E-state index in [1.165, 1.54) is 0 Å². The number of hydrogen-bond donors (Lipinski definition) is 2. The Hall–Kier alpha value is -1.33. The molecule has 0 saturated carbocycles. The van der Waals surface area contributed by atoms with Crippen molar-refractivity contribution in [1.29, 1.82) is 0 Å². The molecule has 2 heterocycles. The molecule has 5 nitrogen and oxygen atoms in total. The molecule has 0 aliphatic heterocycles. The summed E-state index contributed by atoms with van der Waals surface area (Å²) >= 11 is 6.13. The number of nitrogens with one attached hydrogen (secondary N) is 2. The first-order chi connectivity index (χ1) is 9.69. The van der Waals surface area contributed by atoms with Crippen LogP contribution in [0.4, 0.5) is 0 Å². The Morgan fingerprint density at radius 1 is 1.40 bits per heavy atom. The van der Waals surface area contributed by atoms with Crippen LogP contribution in [0.15, 0.2) is 12.3 Å². The third-order valence-electron chi connectivity index (χ3n) is 3.17. The number of imidazole rings is 1. The van der Waals surface area contributed by atoms with Crippen LogP contribution in [-0.4, -0.2) is 26.3 Å². The molecule has 0 aliphatic carbocycles. The van der Waals surface area contributed by atoms with Gasteiger partial charge in [0.15, 0.2) is 5.15 Å². The van der Waals surface area contributed by atoms with E-state index in [0.717, 1.165) is 49.4 Å². The van der Waals surface area contributed by atoms with Gasteiger partial charge in [0.2, 0.25) is 0 Å². The van der Waals surface area contributed by atoms with E-state index < -0.39 is 0 Å². The lowest BCUT2D eigenvalue weighted by molar-refractivity contribution is 0.656. The highest BCUT2D eigenvalue weighted by molar-refractivity contribution is 6.30. The van der Waals surface area contributed by atoms with Crippen LogP contribution in [0.3, 0.4) is 0 Å². The molecule has 0 fully saturated rings. The average molecular weight is 296 g/mol. The van der Waals surface area contributed by atoms with Crippen molar-refractivity contribution in [3.8, 4) is 0 Å². The lowest BCUT2D eigenvalue weighted by Gasteiger charge is -2.02. The highest BCUT2D eigenvalue weighted by atomic mass is 35.5.